The highest BCUT2D eigenvalue weighted by atomic mass is 35.5. The van der Waals surface area contributed by atoms with Gasteiger partial charge in [0.2, 0.25) is 11.8 Å². The highest BCUT2D eigenvalue weighted by Crippen LogP contribution is 2.26. The summed E-state index contributed by atoms with van der Waals surface area (Å²) in [4.78, 5) is 34.9. The number of carboxylic acid groups (broad SMARTS) is 1. The van der Waals surface area contributed by atoms with Crippen molar-refractivity contribution in [3.63, 3.8) is 0 Å². The molecule has 0 unspecified atom stereocenters. The van der Waals surface area contributed by atoms with Gasteiger partial charge in [0.1, 0.15) is 0 Å². The highest BCUT2D eigenvalue weighted by Gasteiger charge is 2.08. The molecule has 0 aliphatic heterocycles. The largest absolute Gasteiger partial charge is 0.481 e. The number of aliphatic carboxylic acids is 1. The van der Waals surface area contributed by atoms with E-state index in [0.717, 1.165) is 4.90 Å². The van der Waals surface area contributed by atoms with Crippen molar-refractivity contribution >= 4 is 64.1 Å². The Balaban J connectivity index is 1.81. The van der Waals surface area contributed by atoms with Crippen LogP contribution in [0.1, 0.15) is 12.8 Å². The van der Waals surface area contributed by atoms with Crippen molar-refractivity contribution in [2.45, 2.75) is 17.7 Å². The summed E-state index contributed by atoms with van der Waals surface area (Å²) in [5.41, 5.74) is 1.05. The average molecular weight is 427 g/mol. The van der Waals surface area contributed by atoms with Gasteiger partial charge in [-0.1, -0.05) is 23.2 Å². The Morgan fingerprint density at radius 3 is 2.26 bits per heavy atom. The Morgan fingerprint density at radius 1 is 0.926 bits per heavy atom. The summed E-state index contributed by atoms with van der Waals surface area (Å²) in [5.74, 6) is -1.41. The molecule has 9 heteroatoms. The van der Waals surface area contributed by atoms with Crippen LogP contribution in [0.3, 0.4) is 0 Å². The molecule has 0 aromatic heterocycles. The fourth-order valence-corrected chi connectivity index (χ4v) is 3.16. The molecule has 3 N–H and O–H groups in total. The van der Waals surface area contributed by atoms with Crippen molar-refractivity contribution in [3.05, 3.63) is 52.5 Å². The third-order valence-electron chi connectivity index (χ3n) is 3.28. The van der Waals surface area contributed by atoms with E-state index in [2.05, 4.69) is 10.6 Å². The number of carbonyl (C=O) groups is 3. The van der Waals surface area contributed by atoms with Gasteiger partial charge in [-0.2, -0.15) is 0 Å². The lowest BCUT2D eigenvalue weighted by atomic mass is 10.2. The van der Waals surface area contributed by atoms with Crippen LogP contribution in [0.25, 0.3) is 0 Å². The molecule has 2 amide bonds. The first-order chi connectivity index (χ1) is 12.8. The summed E-state index contributed by atoms with van der Waals surface area (Å²) in [6.07, 6.45) is -0.300. The molecule has 2 rings (SSSR count). The zero-order valence-electron chi connectivity index (χ0n) is 14.0. The van der Waals surface area contributed by atoms with Crippen LogP contribution in [-0.2, 0) is 14.4 Å². The van der Waals surface area contributed by atoms with Crippen LogP contribution < -0.4 is 10.6 Å². The molecule has 27 heavy (non-hydrogen) atoms. The minimum atomic E-state index is -1.02. The van der Waals surface area contributed by atoms with Gasteiger partial charge in [-0.05, 0) is 42.5 Å². The van der Waals surface area contributed by atoms with Gasteiger partial charge in [-0.15, -0.1) is 11.8 Å². The predicted octanol–water partition coefficient (Wildman–Crippen LogP) is 4.53. The van der Waals surface area contributed by atoms with E-state index < -0.39 is 5.97 Å². The van der Waals surface area contributed by atoms with Crippen LogP contribution in [0, 0.1) is 0 Å². The highest BCUT2D eigenvalue weighted by molar-refractivity contribution is 8.00. The van der Waals surface area contributed by atoms with E-state index in [9.17, 15) is 14.4 Å². The van der Waals surface area contributed by atoms with Crippen molar-refractivity contribution in [1.82, 2.24) is 0 Å². The number of carboxylic acids is 1. The number of hydrogen-bond donors (Lipinski definition) is 3. The van der Waals surface area contributed by atoms with Gasteiger partial charge in [-0.25, -0.2) is 0 Å². The minimum absolute atomic E-state index is 0.0841. The third kappa shape index (κ3) is 7.50. The normalized spacial score (nSPS) is 10.3. The second-order valence-electron chi connectivity index (χ2n) is 5.43. The summed E-state index contributed by atoms with van der Waals surface area (Å²) < 4.78 is 0. The van der Waals surface area contributed by atoms with Crippen LogP contribution in [0.2, 0.25) is 10.0 Å². The molecule has 0 saturated carbocycles. The van der Waals surface area contributed by atoms with Gasteiger partial charge >= 0.3 is 5.97 Å². The number of benzene rings is 2. The van der Waals surface area contributed by atoms with Crippen LogP contribution in [0.15, 0.2) is 47.4 Å². The number of thioether (sulfide) groups is 1. The first-order valence-electron chi connectivity index (χ1n) is 7.83. The first kappa shape index (κ1) is 21.1. The fraction of sp³-hybridized carbons (Fsp3) is 0.167. The monoisotopic (exact) mass is 426 g/mol. The Kier molecular flexibility index (Phi) is 7.97. The van der Waals surface area contributed by atoms with Gasteiger partial charge in [-0.3, -0.25) is 14.4 Å². The maximum Gasteiger partial charge on any atom is 0.303 e. The molecule has 0 bridgehead atoms. The molecule has 142 valence electrons. The second kappa shape index (κ2) is 10.2. The molecule has 0 radical (unpaired) electrons. The van der Waals surface area contributed by atoms with Gasteiger partial charge in [0.15, 0.2) is 0 Å². The number of rotatable bonds is 8. The number of halogens is 2. The van der Waals surface area contributed by atoms with E-state index in [-0.39, 0.29) is 30.4 Å². The summed E-state index contributed by atoms with van der Waals surface area (Å²) in [5, 5.41) is 14.7. The Bertz CT molecular complexity index is 844. The Morgan fingerprint density at radius 2 is 1.63 bits per heavy atom. The van der Waals surface area contributed by atoms with Crippen LogP contribution in [0.4, 0.5) is 11.4 Å². The maximum absolute atomic E-state index is 12.0. The number of anilines is 2. The molecule has 0 heterocycles. The van der Waals surface area contributed by atoms with E-state index in [1.165, 1.54) is 11.8 Å². The van der Waals surface area contributed by atoms with E-state index in [4.69, 9.17) is 28.3 Å². The third-order valence-corrected chi connectivity index (χ3v) is 4.84. The minimum Gasteiger partial charge on any atom is -0.481 e. The summed E-state index contributed by atoms with van der Waals surface area (Å²) in [6, 6.07) is 11.7. The molecular weight excluding hydrogens is 411 g/mol. The van der Waals surface area contributed by atoms with E-state index in [1.807, 2.05) is 0 Å². The average Bonchev–Trinajstić information content (AvgIpc) is 2.62. The van der Waals surface area contributed by atoms with Crippen LogP contribution >= 0.6 is 35.0 Å². The topological polar surface area (TPSA) is 95.5 Å². The molecule has 6 nitrogen and oxygen atoms in total. The van der Waals surface area contributed by atoms with Crippen LogP contribution in [-0.4, -0.2) is 28.6 Å². The Labute approximate surface area is 170 Å². The second-order valence-corrected chi connectivity index (χ2v) is 7.32. The summed E-state index contributed by atoms with van der Waals surface area (Å²) in [7, 11) is 0. The zero-order valence-corrected chi connectivity index (χ0v) is 16.3. The molecule has 2 aromatic rings. The van der Waals surface area contributed by atoms with Crippen molar-refractivity contribution in [3.8, 4) is 0 Å². The van der Waals surface area contributed by atoms with E-state index >= 15 is 0 Å². The van der Waals surface area contributed by atoms with Crippen molar-refractivity contribution in [2.24, 2.45) is 0 Å². The molecule has 0 saturated heterocycles. The summed E-state index contributed by atoms with van der Waals surface area (Å²) in [6.45, 7) is 0. The smallest absolute Gasteiger partial charge is 0.303 e. The zero-order chi connectivity index (χ0) is 19.8. The molecule has 0 fully saturated rings. The molecular formula is C18H16Cl2N2O4S. The molecule has 2 aromatic carbocycles. The van der Waals surface area contributed by atoms with Gasteiger partial charge < -0.3 is 15.7 Å². The molecule has 0 spiro atoms. The van der Waals surface area contributed by atoms with Crippen LogP contribution in [0.5, 0.6) is 0 Å². The summed E-state index contributed by atoms with van der Waals surface area (Å²) >= 11 is 13.2. The van der Waals surface area contributed by atoms with E-state index in [0.29, 0.717) is 21.4 Å². The number of nitrogens with one attached hydrogen (secondary N) is 2. The van der Waals surface area contributed by atoms with Gasteiger partial charge in [0.05, 0.1) is 22.9 Å². The number of carbonyl (C=O) groups excluding carboxylic acids is 2. The number of hydrogen-bond acceptors (Lipinski definition) is 4. The maximum atomic E-state index is 12.0. The molecule has 0 aliphatic carbocycles. The standard InChI is InChI=1S/C18H16Cl2N2O4S/c19-11-1-6-15(14(20)9-11)22-17(24)10-27-13-4-2-12(3-5-13)21-16(23)7-8-18(25)26/h1-6,9H,7-8,10H2,(H,21,23)(H,22,24)(H,25,26). The quantitative estimate of drug-likeness (QED) is 0.538. The predicted molar refractivity (Wildman–Crippen MR) is 108 cm³/mol. The lowest BCUT2D eigenvalue weighted by molar-refractivity contribution is -0.138. The van der Waals surface area contributed by atoms with E-state index in [1.54, 1.807) is 42.5 Å². The molecule has 0 aliphatic rings. The fourth-order valence-electron chi connectivity index (χ4n) is 2.00. The number of amides is 2. The molecule has 0 atom stereocenters. The first-order valence-corrected chi connectivity index (χ1v) is 9.57. The van der Waals surface area contributed by atoms with Gasteiger partial charge in [0, 0.05) is 22.0 Å². The van der Waals surface area contributed by atoms with Crippen molar-refractivity contribution in [2.75, 3.05) is 16.4 Å². The van der Waals surface area contributed by atoms with Crippen molar-refractivity contribution in [1.29, 1.82) is 0 Å². The van der Waals surface area contributed by atoms with Gasteiger partial charge in [0.25, 0.3) is 0 Å². The van der Waals surface area contributed by atoms with Crippen molar-refractivity contribution < 1.29 is 19.5 Å². The Hall–Kier alpha value is -2.22. The lowest BCUT2D eigenvalue weighted by Gasteiger charge is -2.08. The lowest BCUT2D eigenvalue weighted by Crippen LogP contribution is -2.14. The SMILES string of the molecule is O=C(O)CCC(=O)Nc1ccc(SCC(=O)Nc2ccc(Cl)cc2Cl)cc1.